The fourth-order valence-corrected chi connectivity index (χ4v) is 20.7. The van der Waals surface area contributed by atoms with E-state index in [0.29, 0.717) is 65.3 Å². The summed E-state index contributed by atoms with van der Waals surface area (Å²) >= 11 is 1.87. The Balaban J connectivity index is 0.000000305. The molecule has 3 amide bonds. The third-order valence-corrected chi connectivity index (χ3v) is 26.3. The van der Waals surface area contributed by atoms with E-state index in [4.69, 9.17) is 50.8 Å². The SMILES string of the molecule is CCOCCNP(=O)(OCCCCCNC(=O)CCCC1SCC2C1NC(=O)N2C(c1ccccc1)(c1ccc(OC)cc1)c1ccc(OC)cc1)OC(C)(C)C.COCCNP(=O)(OC(C)CCC(=O)OC)OC(C)(C)C.COc1ccc(C(NCCCCCOP(=O)(NC(C)C)OC(C)(C)C)(c2ccccc2)c2ccccc2)cc1. The van der Waals surface area contributed by atoms with Crippen molar-refractivity contribution in [2.45, 2.75) is 218 Å². The van der Waals surface area contributed by atoms with E-state index in [0.717, 1.165) is 96.7 Å². The van der Waals surface area contributed by atoms with Crippen LogP contribution in [0.1, 0.15) is 194 Å². The van der Waals surface area contributed by atoms with Crippen LogP contribution in [0, 0.1) is 0 Å². The molecule has 0 spiro atoms. The van der Waals surface area contributed by atoms with Crippen LogP contribution in [0.3, 0.4) is 0 Å². The van der Waals surface area contributed by atoms with Crippen LogP contribution < -0.4 is 45.4 Å². The zero-order valence-corrected chi connectivity index (χ0v) is 75.9. The van der Waals surface area contributed by atoms with Crippen molar-refractivity contribution in [3.8, 4) is 17.2 Å². The highest BCUT2D eigenvalue weighted by Gasteiger charge is 2.57. The molecule has 2 saturated heterocycles. The number of unbranched alkanes of at least 4 members (excludes halogenated alkanes) is 4. The Kier molecular flexibility index (Phi) is 41.4. The fourth-order valence-electron chi connectivity index (χ4n) is 13.7. The van der Waals surface area contributed by atoms with Gasteiger partial charge in [-0.2, -0.15) is 11.8 Å². The number of ether oxygens (including phenoxy) is 6. The Morgan fingerprint density at radius 2 is 0.966 bits per heavy atom. The highest BCUT2D eigenvalue weighted by Crippen LogP contribution is 2.53. The number of nitrogens with one attached hydrogen (secondary N) is 6. The first-order valence-corrected chi connectivity index (χ1v) is 46.5. The van der Waals surface area contributed by atoms with E-state index >= 15 is 0 Å². The van der Waals surface area contributed by atoms with E-state index in [1.165, 1.54) is 18.2 Å². The second-order valence-corrected chi connectivity index (χ2v) is 38.3. The number of fused-ring (bicyclic) bond motifs is 1. The van der Waals surface area contributed by atoms with Gasteiger partial charge < -0.3 is 44.0 Å². The second kappa shape index (κ2) is 48.8. The number of methoxy groups -OCH3 is 5. The average molecular weight is 1700 g/mol. The van der Waals surface area contributed by atoms with Crippen molar-refractivity contribution in [3.05, 3.63) is 197 Å². The first-order chi connectivity index (χ1) is 55.6. The molecular formula is C88H134N7O18P3S. The number of rotatable bonds is 48. The summed E-state index contributed by atoms with van der Waals surface area (Å²) in [5, 5.41) is 19.1. The largest absolute Gasteiger partial charge is 0.497 e. The minimum atomic E-state index is -3.48. The molecule has 2 heterocycles. The molecule has 29 heteroatoms. The van der Waals surface area contributed by atoms with Gasteiger partial charge in [-0.05, 0) is 224 Å². The fraction of sp³-hybridized carbons (Fsp3) is 0.557. The molecule has 0 bridgehead atoms. The van der Waals surface area contributed by atoms with Crippen molar-refractivity contribution in [1.82, 2.24) is 36.1 Å². The van der Waals surface area contributed by atoms with Gasteiger partial charge in [-0.3, -0.25) is 42.0 Å². The lowest BCUT2D eigenvalue weighted by atomic mass is 9.74. The number of nitrogens with zero attached hydrogens (tertiary/aromatic N) is 1. The van der Waals surface area contributed by atoms with Gasteiger partial charge in [0, 0.05) is 63.2 Å². The van der Waals surface area contributed by atoms with Crippen molar-refractivity contribution in [3.63, 3.8) is 0 Å². The first kappa shape index (κ1) is 99.3. The molecule has 6 aromatic carbocycles. The van der Waals surface area contributed by atoms with Gasteiger partial charge in [-0.15, -0.1) is 0 Å². The molecule has 2 aliphatic rings. The maximum absolute atomic E-state index is 14.4. The molecule has 6 aromatic rings. The normalized spacial score (nSPS) is 16.9. The zero-order chi connectivity index (χ0) is 85.8. The Labute approximate surface area is 701 Å². The molecule has 7 atom stereocenters. The van der Waals surface area contributed by atoms with Crippen LogP contribution in [0.25, 0.3) is 0 Å². The second-order valence-electron chi connectivity index (χ2n) is 31.9. The summed E-state index contributed by atoms with van der Waals surface area (Å²) in [6.07, 6.45) is 7.06. The van der Waals surface area contributed by atoms with Crippen LogP contribution in [0.4, 0.5) is 4.79 Å². The summed E-state index contributed by atoms with van der Waals surface area (Å²) < 4.78 is 104. The van der Waals surface area contributed by atoms with E-state index in [-0.39, 0.29) is 54.3 Å². The monoisotopic (exact) mass is 1700 g/mol. The van der Waals surface area contributed by atoms with Gasteiger partial charge in [-0.25, -0.2) is 33.8 Å². The molecular weight excluding hydrogens is 1570 g/mol. The summed E-state index contributed by atoms with van der Waals surface area (Å²) in [5.41, 5.74) is 3.08. The third kappa shape index (κ3) is 32.4. The molecule has 8 rings (SSSR count). The highest BCUT2D eigenvalue weighted by atomic mass is 32.2. The Bertz CT molecular complexity index is 3920. The Morgan fingerprint density at radius 3 is 1.44 bits per heavy atom. The van der Waals surface area contributed by atoms with Crippen molar-refractivity contribution in [2.75, 3.05) is 101 Å². The van der Waals surface area contributed by atoms with Gasteiger partial charge in [0.2, 0.25) is 5.91 Å². The molecule has 0 saturated carbocycles. The quantitative estimate of drug-likeness (QED) is 0.00680. The van der Waals surface area contributed by atoms with E-state index in [2.05, 4.69) is 114 Å². The number of thioether (sulfide) groups is 1. The number of carbonyl (C=O) groups excluding carboxylic acids is 3. The topological polar surface area (TPSA) is 289 Å². The molecule has 2 aliphatic heterocycles. The minimum absolute atomic E-state index is 0.00978. The van der Waals surface area contributed by atoms with Gasteiger partial charge in [0.05, 0.1) is 95.4 Å². The number of amides is 3. The summed E-state index contributed by atoms with van der Waals surface area (Å²) in [5.74, 6) is 2.76. The maximum Gasteiger partial charge on any atom is 0.406 e. The highest BCUT2D eigenvalue weighted by molar-refractivity contribution is 8.00. The van der Waals surface area contributed by atoms with Crippen LogP contribution in [0.2, 0.25) is 0 Å². The van der Waals surface area contributed by atoms with E-state index < -0.39 is 57.2 Å². The van der Waals surface area contributed by atoms with Crippen LogP contribution in [0.15, 0.2) is 164 Å². The first-order valence-electron chi connectivity index (χ1n) is 40.8. The molecule has 2 fully saturated rings. The van der Waals surface area contributed by atoms with Gasteiger partial charge in [0.25, 0.3) is 0 Å². The molecule has 117 heavy (non-hydrogen) atoms. The molecule has 7 unspecified atom stereocenters. The van der Waals surface area contributed by atoms with Gasteiger partial charge in [-0.1, -0.05) is 127 Å². The lowest BCUT2D eigenvalue weighted by Gasteiger charge is -2.45. The Hall–Kier alpha value is -6.51. The predicted molar refractivity (Wildman–Crippen MR) is 467 cm³/mol. The van der Waals surface area contributed by atoms with Gasteiger partial charge >= 0.3 is 35.2 Å². The minimum Gasteiger partial charge on any atom is -0.497 e. The summed E-state index contributed by atoms with van der Waals surface area (Å²) in [7, 11) is -2.47. The summed E-state index contributed by atoms with van der Waals surface area (Å²) in [6, 6.07) is 55.3. The van der Waals surface area contributed by atoms with Crippen molar-refractivity contribution >= 4 is 52.9 Å². The molecule has 0 radical (unpaired) electrons. The molecule has 25 nitrogen and oxygen atoms in total. The molecule has 650 valence electrons. The maximum atomic E-state index is 14.4. The van der Waals surface area contributed by atoms with Crippen molar-refractivity contribution in [1.29, 1.82) is 0 Å². The number of hydrogen-bond acceptors (Lipinski definition) is 20. The van der Waals surface area contributed by atoms with Gasteiger partial charge in [0.1, 0.15) is 22.8 Å². The number of benzene rings is 6. The van der Waals surface area contributed by atoms with Crippen molar-refractivity contribution < 1.29 is 83.6 Å². The molecule has 0 aliphatic carbocycles. The van der Waals surface area contributed by atoms with E-state index in [1.807, 2.05) is 165 Å². The lowest BCUT2D eigenvalue weighted by molar-refractivity contribution is -0.141. The van der Waals surface area contributed by atoms with E-state index in [9.17, 15) is 28.1 Å². The smallest absolute Gasteiger partial charge is 0.406 e. The van der Waals surface area contributed by atoms with E-state index in [1.54, 1.807) is 56.1 Å². The standard InChI is InChI=1S/C43H61N4O8PS.C32H45N2O4P.C13H28NO6P/c1-7-53-30-28-45-56(50,55-42(2,3)4)54-29-13-9-12-27-44-39(48)18-14-17-38-40-37(31-57-38)47(41(49)46-40)43(32-15-10-8-11-16-32,33-19-23-35(51-5)24-20-33)34-21-25-36(52-6)26-22-34;1-26(2)34-39(35,38-31(3,4)5)37-25-15-9-14-24-33-32(27-16-10-7-11-17-27,28-18-12-8-13-19-28)29-20-22-30(36-6)23-21-29;1-11(7-8-12(15)18-6)19-21(16,14-9-10-17-5)20-13(2,3)4/h8,10-11,15-16,19-26,37-38,40H,7,9,12-14,17-18,27-31H2,1-6H3,(H,44,48)(H,45,50)(H,46,49);7-8,10-13,16-23,26,33H,9,14-15,24-25H2,1-6H3,(H,34,35);11H,7-10H2,1-6H3,(H,14,16). The Morgan fingerprint density at radius 1 is 0.521 bits per heavy atom. The zero-order valence-electron chi connectivity index (χ0n) is 72.4. The van der Waals surface area contributed by atoms with Crippen LogP contribution in [-0.2, 0) is 75.7 Å². The van der Waals surface area contributed by atoms with Crippen molar-refractivity contribution in [2.24, 2.45) is 0 Å². The lowest BCUT2D eigenvalue weighted by Crippen LogP contribution is -2.53. The van der Waals surface area contributed by atoms with Gasteiger partial charge in [0.15, 0.2) is 0 Å². The number of hydrogen-bond donors (Lipinski definition) is 6. The van der Waals surface area contributed by atoms with Crippen LogP contribution >= 0.6 is 35.0 Å². The number of carbonyl (C=O) groups is 3. The number of urea groups is 1. The average Bonchev–Trinajstić information content (AvgIpc) is 1.61. The molecule has 6 N–H and O–H groups in total. The predicted octanol–water partition coefficient (Wildman–Crippen LogP) is 18.1. The third-order valence-electron chi connectivity index (χ3n) is 18.7. The molecule has 0 aromatic heterocycles. The number of esters is 1. The van der Waals surface area contributed by atoms with Crippen LogP contribution in [0.5, 0.6) is 17.2 Å². The summed E-state index contributed by atoms with van der Waals surface area (Å²) in [4.78, 5) is 40.4. The summed E-state index contributed by atoms with van der Waals surface area (Å²) in [6.45, 7) is 28.1. The van der Waals surface area contributed by atoms with Crippen LogP contribution in [-0.4, -0.2) is 170 Å².